The normalized spacial score (nSPS) is 32.7. The van der Waals surface area contributed by atoms with Crippen molar-refractivity contribution in [2.45, 2.75) is 44.8 Å². The Hall–Kier alpha value is -0.160. The molecule has 2 fully saturated rings. The highest BCUT2D eigenvalue weighted by Gasteiger charge is 2.41. The van der Waals surface area contributed by atoms with Crippen molar-refractivity contribution in [3.05, 3.63) is 0 Å². The van der Waals surface area contributed by atoms with Crippen LogP contribution in [0.25, 0.3) is 0 Å². The first-order chi connectivity index (χ1) is 9.20. The van der Waals surface area contributed by atoms with Gasteiger partial charge in [0.2, 0.25) is 0 Å². The molecule has 2 aliphatic carbocycles. The lowest BCUT2D eigenvalue weighted by atomic mass is 9.84. The second-order valence-corrected chi connectivity index (χ2v) is 6.26. The van der Waals surface area contributed by atoms with Crippen molar-refractivity contribution in [3.8, 4) is 0 Å². The van der Waals surface area contributed by atoms with Crippen LogP contribution in [0.5, 0.6) is 0 Å². The molecule has 0 aromatic carbocycles. The van der Waals surface area contributed by atoms with E-state index in [4.69, 9.17) is 9.47 Å². The molecule has 0 aromatic heterocycles. The molecule has 112 valence electrons. The van der Waals surface area contributed by atoms with Crippen molar-refractivity contribution in [2.24, 2.45) is 17.8 Å². The van der Waals surface area contributed by atoms with Crippen LogP contribution in [0.1, 0.15) is 32.6 Å². The van der Waals surface area contributed by atoms with Gasteiger partial charge in [-0.3, -0.25) is 0 Å². The fourth-order valence-corrected chi connectivity index (χ4v) is 3.80. The molecule has 2 bridgehead atoms. The van der Waals surface area contributed by atoms with Crippen molar-refractivity contribution >= 4 is 0 Å². The molecule has 2 N–H and O–H groups in total. The summed E-state index contributed by atoms with van der Waals surface area (Å²) >= 11 is 0. The van der Waals surface area contributed by atoms with E-state index in [0.717, 1.165) is 17.8 Å². The highest BCUT2D eigenvalue weighted by atomic mass is 16.5. The Morgan fingerprint density at radius 1 is 1.26 bits per heavy atom. The topological polar surface area (TPSA) is 50.7 Å². The second kappa shape index (κ2) is 7.58. The minimum Gasteiger partial charge on any atom is -0.389 e. The number of hydrogen-bond donors (Lipinski definition) is 2. The highest BCUT2D eigenvalue weighted by Crippen LogP contribution is 2.49. The molecule has 0 amide bonds. The number of hydrogen-bond acceptors (Lipinski definition) is 4. The summed E-state index contributed by atoms with van der Waals surface area (Å²) in [6.07, 6.45) is 5.28. The zero-order chi connectivity index (χ0) is 13.7. The van der Waals surface area contributed by atoms with Crippen molar-refractivity contribution in [3.63, 3.8) is 0 Å². The Balaban J connectivity index is 1.57. The van der Waals surface area contributed by atoms with Crippen LogP contribution in [0.2, 0.25) is 0 Å². The Labute approximate surface area is 116 Å². The fourth-order valence-electron chi connectivity index (χ4n) is 3.80. The molecule has 0 saturated heterocycles. The largest absolute Gasteiger partial charge is 0.389 e. The van der Waals surface area contributed by atoms with E-state index in [9.17, 15) is 5.11 Å². The van der Waals surface area contributed by atoms with Gasteiger partial charge in [-0.1, -0.05) is 6.42 Å². The molecule has 4 nitrogen and oxygen atoms in total. The van der Waals surface area contributed by atoms with Crippen LogP contribution in [0.15, 0.2) is 0 Å². The lowest BCUT2D eigenvalue weighted by Gasteiger charge is -2.29. The summed E-state index contributed by atoms with van der Waals surface area (Å²) in [5.41, 5.74) is 0. The third-order valence-electron chi connectivity index (χ3n) is 4.85. The predicted octanol–water partition coefficient (Wildman–Crippen LogP) is 1.42. The molecular weight excluding hydrogens is 242 g/mol. The first-order valence-electron chi connectivity index (χ1n) is 7.68. The van der Waals surface area contributed by atoms with Gasteiger partial charge in [-0.2, -0.15) is 0 Å². The lowest BCUT2D eigenvalue weighted by Crippen LogP contribution is -2.41. The molecular formula is C15H29NO3. The number of fused-ring (bicyclic) bond motifs is 2. The SMILES string of the molecule is COCCOCC(O)CNC(C)C1CC2CCC1C2. The summed E-state index contributed by atoms with van der Waals surface area (Å²) in [5.74, 6) is 2.74. The van der Waals surface area contributed by atoms with Crippen LogP contribution in [0, 0.1) is 17.8 Å². The van der Waals surface area contributed by atoms with E-state index in [1.165, 1.54) is 25.7 Å². The molecule has 2 aliphatic rings. The van der Waals surface area contributed by atoms with Gasteiger partial charge < -0.3 is 19.9 Å². The van der Waals surface area contributed by atoms with Crippen LogP contribution < -0.4 is 5.32 Å². The van der Waals surface area contributed by atoms with Gasteiger partial charge in [-0.25, -0.2) is 0 Å². The molecule has 0 spiro atoms. The minimum absolute atomic E-state index is 0.389. The molecule has 0 radical (unpaired) electrons. The van der Waals surface area contributed by atoms with Gasteiger partial charge in [-0.05, 0) is 43.9 Å². The van der Waals surface area contributed by atoms with Gasteiger partial charge in [0.05, 0.1) is 25.9 Å². The molecule has 2 rings (SSSR count). The number of rotatable bonds is 9. The molecule has 4 heteroatoms. The van der Waals surface area contributed by atoms with Gasteiger partial charge in [0, 0.05) is 19.7 Å². The number of aliphatic hydroxyl groups excluding tert-OH is 1. The van der Waals surface area contributed by atoms with E-state index in [2.05, 4.69) is 12.2 Å². The molecule has 5 unspecified atom stereocenters. The summed E-state index contributed by atoms with van der Waals surface area (Å²) < 4.78 is 10.2. The van der Waals surface area contributed by atoms with Crippen LogP contribution in [-0.4, -0.2) is 50.7 Å². The van der Waals surface area contributed by atoms with Gasteiger partial charge >= 0.3 is 0 Å². The average molecular weight is 271 g/mol. The Morgan fingerprint density at radius 2 is 2.11 bits per heavy atom. The van der Waals surface area contributed by atoms with E-state index in [1.807, 2.05) is 0 Å². The van der Waals surface area contributed by atoms with E-state index in [-0.39, 0.29) is 0 Å². The smallest absolute Gasteiger partial charge is 0.0897 e. The summed E-state index contributed by atoms with van der Waals surface area (Å²) in [5, 5.41) is 13.3. The Morgan fingerprint density at radius 3 is 2.74 bits per heavy atom. The maximum Gasteiger partial charge on any atom is 0.0897 e. The van der Waals surface area contributed by atoms with E-state index >= 15 is 0 Å². The molecule has 5 atom stereocenters. The number of aliphatic hydroxyl groups is 1. The summed E-state index contributed by atoms with van der Waals surface area (Å²) in [6.45, 7) is 4.42. The van der Waals surface area contributed by atoms with Crippen molar-refractivity contribution < 1.29 is 14.6 Å². The first kappa shape index (κ1) is 15.2. The maximum absolute atomic E-state index is 9.84. The standard InChI is InChI=1S/C15H29NO3/c1-11(15-8-12-3-4-13(15)7-12)16-9-14(17)10-19-6-5-18-2/h11-17H,3-10H2,1-2H3. The summed E-state index contributed by atoms with van der Waals surface area (Å²) in [7, 11) is 1.65. The molecule has 2 saturated carbocycles. The van der Waals surface area contributed by atoms with Crippen LogP contribution in [0.4, 0.5) is 0 Å². The van der Waals surface area contributed by atoms with E-state index in [0.29, 0.717) is 32.4 Å². The summed E-state index contributed by atoms with van der Waals surface area (Å²) in [6, 6.07) is 0.518. The van der Waals surface area contributed by atoms with Crippen molar-refractivity contribution in [1.29, 1.82) is 0 Å². The maximum atomic E-state index is 9.84. The molecule has 0 heterocycles. The van der Waals surface area contributed by atoms with Crippen LogP contribution in [-0.2, 0) is 9.47 Å². The first-order valence-corrected chi connectivity index (χ1v) is 7.68. The van der Waals surface area contributed by atoms with Crippen molar-refractivity contribution in [1.82, 2.24) is 5.32 Å². The Kier molecular flexibility index (Phi) is 6.07. The fraction of sp³-hybridized carbons (Fsp3) is 1.00. The highest BCUT2D eigenvalue weighted by molar-refractivity contribution is 4.94. The van der Waals surface area contributed by atoms with Crippen molar-refractivity contribution in [2.75, 3.05) is 33.5 Å². The van der Waals surface area contributed by atoms with Gasteiger partial charge in [0.15, 0.2) is 0 Å². The number of nitrogens with one attached hydrogen (secondary N) is 1. The van der Waals surface area contributed by atoms with Crippen LogP contribution >= 0.6 is 0 Å². The predicted molar refractivity (Wildman–Crippen MR) is 75.1 cm³/mol. The number of ether oxygens (including phenoxy) is 2. The lowest BCUT2D eigenvalue weighted by molar-refractivity contribution is 0.0120. The van der Waals surface area contributed by atoms with Gasteiger partial charge in [0.1, 0.15) is 0 Å². The quantitative estimate of drug-likeness (QED) is 0.623. The average Bonchev–Trinajstić information content (AvgIpc) is 3.03. The Bertz CT molecular complexity index is 262. The van der Waals surface area contributed by atoms with E-state index < -0.39 is 6.10 Å². The van der Waals surface area contributed by atoms with Gasteiger partial charge in [0.25, 0.3) is 0 Å². The molecule has 0 aliphatic heterocycles. The molecule has 19 heavy (non-hydrogen) atoms. The summed E-state index contributed by atoms with van der Waals surface area (Å²) in [4.78, 5) is 0. The monoisotopic (exact) mass is 271 g/mol. The zero-order valence-corrected chi connectivity index (χ0v) is 12.3. The number of methoxy groups -OCH3 is 1. The van der Waals surface area contributed by atoms with E-state index in [1.54, 1.807) is 7.11 Å². The zero-order valence-electron chi connectivity index (χ0n) is 12.3. The molecule has 0 aromatic rings. The minimum atomic E-state index is -0.419. The third kappa shape index (κ3) is 4.42. The van der Waals surface area contributed by atoms with Crippen LogP contribution in [0.3, 0.4) is 0 Å². The third-order valence-corrected chi connectivity index (χ3v) is 4.85. The second-order valence-electron chi connectivity index (χ2n) is 6.26. The van der Waals surface area contributed by atoms with Gasteiger partial charge in [-0.15, -0.1) is 0 Å².